The molecule has 0 aromatic carbocycles. The molecule has 0 unspecified atom stereocenters. The molecule has 0 fully saturated rings. The van der Waals surface area contributed by atoms with Crippen molar-refractivity contribution in [2.24, 2.45) is 9.03 Å². The largest absolute Gasteiger partial charge is 0.361 e. The van der Waals surface area contributed by atoms with Gasteiger partial charge in [-0.15, -0.1) is 16.8 Å². The maximum Gasteiger partial charge on any atom is 0.361 e. The fourth-order valence-corrected chi connectivity index (χ4v) is 18.2. The summed E-state index contributed by atoms with van der Waals surface area (Å²) in [6, 6.07) is 1.39. The second-order valence-electron chi connectivity index (χ2n) is 10.5. The zero-order chi connectivity index (χ0) is 25.6. The van der Waals surface area contributed by atoms with E-state index in [0.29, 0.717) is 6.54 Å². The van der Waals surface area contributed by atoms with E-state index in [0.717, 1.165) is 0 Å². The second-order valence-corrected chi connectivity index (χ2v) is 18.4. The molecule has 196 valence electrons. The summed E-state index contributed by atoms with van der Waals surface area (Å²) in [5, 5.41) is 23.2. The lowest BCUT2D eigenvalue weighted by atomic mass is 10.4. The van der Waals surface area contributed by atoms with Gasteiger partial charge in [-0.25, -0.2) is 10.2 Å². The Kier molecular flexibility index (Phi) is 12.4. The number of hydrogen-bond acceptors (Lipinski definition) is 9. The summed E-state index contributed by atoms with van der Waals surface area (Å²) in [4.78, 5) is 0. The smallest absolute Gasteiger partial charge is 0.254 e. The third kappa shape index (κ3) is 9.06. The molecule has 9 nitrogen and oxygen atoms in total. The van der Waals surface area contributed by atoms with E-state index in [-0.39, 0.29) is 36.3 Å². The molecule has 0 spiro atoms. The summed E-state index contributed by atoms with van der Waals surface area (Å²) in [5.74, 6) is 0. The van der Waals surface area contributed by atoms with E-state index in [1.54, 1.807) is 0 Å². The molecule has 1 rings (SSSR count). The first kappa shape index (κ1) is 31.4. The Hall–Kier alpha value is 0.350. The molecule has 1 heterocycles. The SMILES string of the molecule is C=CCN1P(NC(C)C)(NC(C)C)=NP(NC(C)C)(NC(C)C)=N[P+]1(NC(C)C)NC(C)C. The topological polar surface area (TPSA) is 100 Å². The van der Waals surface area contributed by atoms with Gasteiger partial charge in [0, 0.05) is 36.3 Å². The van der Waals surface area contributed by atoms with Crippen LogP contribution in [0.4, 0.5) is 0 Å². The lowest BCUT2D eigenvalue weighted by Gasteiger charge is -2.47. The molecule has 0 radical (unpaired) electrons. The van der Waals surface area contributed by atoms with Gasteiger partial charge >= 0.3 is 7.87 Å². The summed E-state index contributed by atoms with van der Waals surface area (Å²) >= 11 is 0. The molecule has 1 aliphatic rings. The maximum atomic E-state index is 5.65. The molecule has 0 aromatic rings. The maximum absolute atomic E-state index is 5.65. The summed E-state index contributed by atoms with van der Waals surface area (Å²) in [7, 11) is -7.42. The number of rotatable bonds is 14. The van der Waals surface area contributed by atoms with E-state index < -0.39 is 22.9 Å². The van der Waals surface area contributed by atoms with Crippen LogP contribution >= 0.6 is 22.9 Å². The van der Waals surface area contributed by atoms with Crippen LogP contribution in [0.15, 0.2) is 21.7 Å². The molecule has 0 saturated heterocycles. The molecule has 0 bridgehead atoms. The van der Waals surface area contributed by atoms with Gasteiger partial charge in [0.05, 0.1) is 6.54 Å². The Morgan fingerprint density at radius 3 is 1.39 bits per heavy atom. The van der Waals surface area contributed by atoms with Crippen molar-refractivity contribution >= 4 is 22.9 Å². The van der Waals surface area contributed by atoms with Crippen molar-refractivity contribution in [2.75, 3.05) is 6.54 Å². The Morgan fingerprint density at radius 2 is 1.09 bits per heavy atom. The van der Waals surface area contributed by atoms with E-state index in [9.17, 15) is 0 Å². The quantitative estimate of drug-likeness (QED) is 0.122. The van der Waals surface area contributed by atoms with Gasteiger partial charge in [0.15, 0.2) is 0 Å². The van der Waals surface area contributed by atoms with Crippen LogP contribution in [0.1, 0.15) is 83.1 Å². The van der Waals surface area contributed by atoms with Crippen LogP contribution in [-0.2, 0) is 0 Å². The van der Waals surface area contributed by atoms with Crippen molar-refractivity contribution in [2.45, 2.75) is 119 Å². The number of nitrogens with one attached hydrogen (secondary N) is 6. The molecular formula is C21H53N9P3+. The Labute approximate surface area is 205 Å². The molecule has 0 aliphatic carbocycles. The highest BCUT2D eigenvalue weighted by Crippen LogP contribution is 2.79. The van der Waals surface area contributed by atoms with Crippen LogP contribution in [0.25, 0.3) is 0 Å². The first-order valence-corrected chi connectivity index (χ1v) is 17.4. The average Bonchev–Trinajstić information content (AvgIpc) is 2.53. The Morgan fingerprint density at radius 1 is 0.697 bits per heavy atom. The van der Waals surface area contributed by atoms with Gasteiger partial charge in [0.1, 0.15) is 0 Å². The molecule has 0 saturated carbocycles. The summed E-state index contributed by atoms with van der Waals surface area (Å²) in [6.45, 7) is 31.0. The van der Waals surface area contributed by atoms with Crippen molar-refractivity contribution in [1.29, 1.82) is 0 Å². The summed E-state index contributed by atoms with van der Waals surface area (Å²) in [6.07, 6.45) is 1.97. The van der Waals surface area contributed by atoms with Crippen molar-refractivity contribution < 1.29 is 0 Å². The van der Waals surface area contributed by atoms with Gasteiger partial charge in [-0.05, 0) is 87.6 Å². The molecule has 12 heteroatoms. The molecular weight excluding hydrogens is 471 g/mol. The Balaban J connectivity index is 4.18. The van der Waals surface area contributed by atoms with Crippen molar-refractivity contribution in [3.8, 4) is 0 Å². The van der Waals surface area contributed by atoms with Crippen molar-refractivity contribution in [3.63, 3.8) is 0 Å². The van der Waals surface area contributed by atoms with E-state index in [1.807, 2.05) is 6.08 Å². The van der Waals surface area contributed by atoms with E-state index >= 15 is 0 Å². The fraction of sp³-hybridized carbons (Fsp3) is 0.905. The van der Waals surface area contributed by atoms with Crippen LogP contribution in [0.5, 0.6) is 0 Å². The van der Waals surface area contributed by atoms with E-state index in [4.69, 9.17) is 9.03 Å². The third-order valence-electron chi connectivity index (χ3n) is 4.11. The van der Waals surface area contributed by atoms with Crippen molar-refractivity contribution in [3.05, 3.63) is 12.7 Å². The lowest BCUT2D eigenvalue weighted by Crippen LogP contribution is -2.50. The van der Waals surface area contributed by atoms with Crippen LogP contribution in [0, 0.1) is 0 Å². The zero-order valence-electron chi connectivity index (χ0n) is 23.1. The fourth-order valence-electron chi connectivity index (χ4n) is 3.77. The lowest BCUT2D eigenvalue weighted by molar-refractivity contribution is 0.589. The highest BCUT2D eigenvalue weighted by molar-refractivity contribution is 7.88. The van der Waals surface area contributed by atoms with Crippen LogP contribution < -0.4 is 30.5 Å². The standard InChI is InChI=1S/C21H53N9P3/c1-14-15-30-32(24-18(6)7,25-19(8)9)28-31(22-16(2)3,23-17(4)5)29-33(30,26-20(10)11)27-21(12)13/h14,16-27H,1,15H2,2-13H3/q+1. The van der Waals surface area contributed by atoms with Gasteiger partial charge in [0.2, 0.25) is 7.51 Å². The van der Waals surface area contributed by atoms with Crippen LogP contribution in [0.3, 0.4) is 0 Å². The van der Waals surface area contributed by atoms with Gasteiger partial charge in [-0.1, -0.05) is 10.5 Å². The zero-order valence-corrected chi connectivity index (χ0v) is 25.8. The summed E-state index contributed by atoms with van der Waals surface area (Å²) < 4.78 is 13.8. The second kappa shape index (κ2) is 13.1. The highest BCUT2D eigenvalue weighted by atomic mass is 31.3. The van der Waals surface area contributed by atoms with Gasteiger partial charge < -0.3 is 0 Å². The van der Waals surface area contributed by atoms with E-state index in [2.05, 4.69) is 125 Å². The first-order valence-electron chi connectivity index (χ1n) is 12.3. The van der Waals surface area contributed by atoms with Gasteiger partial charge in [-0.2, -0.15) is 4.52 Å². The average molecular weight is 525 g/mol. The van der Waals surface area contributed by atoms with Gasteiger partial charge in [-0.3, -0.25) is 10.2 Å². The molecule has 6 N–H and O–H groups in total. The molecule has 0 atom stereocenters. The Bertz CT molecular complexity index is 694. The molecule has 0 aromatic heterocycles. The number of hydrogen-bond donors (Lipinski definition) is 6. The third-order valence-corrected chi connectivity index (χ3v) is 16.7. The molecule has 0 amide bonds. The van der Waals surface area contributed by atoms with Crippen LogP contribution in [-0.4, -0.2) is 47.2 Å². The van der Waals surface area contributed by atoms with Gasteiger partial charge in [0.25, 0.3) is 7.51 Å². The molecule has 33 heavy (non-hydrogen) atoms. The van der Waals surface area contributed by atoms with E-state index in [1.165, 1.54) is 0 Å². The highest BCUT2D eigenvalue weighted by Gasteiger charge is 2.60. The normalized spacial score (nSPS) is 20.2. The predicted octanol–water partition coefficient (Wildman–Crippen LogP) is 6.05. The minimum Gasteiger partial charge on any atom is -0.254 e. The first-order chi connectivity index (χ1) is 15.1. The molecule has 1 aliphatic heterocycles. The van der Waals surface area contributed by atoms with Crippen LogP contribution in [0.2, 0.25) is 0 Å². The predicted molar refractivity (Wildman–Crippen MR) is 152 cm³/mol. The monoisotopic (exact) mass is 524 g/mol. The minimum absolute atomic E-state index is 0.225. The number of nitrogens with zero attached hydrogens (tertiary/aromatic N) is 3. The minimum atomic E-state index is -2.51. The van der Waals surface area contributed by atoms with Crippen molar-refractivity contribution in [1.82, 2.24) is 35.0 Å². The summed E-state index contributed by atoms with van der Waals surface area (Å²) in [5.41, 5.74) is 0.